The third kappa shape index (κ3) is 14.4. The molecule has 2 aromatic rings. The van der Waals surface area contributed by atoms with E-state index in [1.165, 1.54) is 28.3 Å². The van der Waals surface area contributed by atoms with Crippen molar-refractivity contribution in [3.63, 3.8) is 0 Å². The predicted molar refractivity (Wildman–Crippen MR) is 139 cm³/mol. The van der Waals surface area contributed by atoms with Crippen molar-refractivity contribution in [1.29, 1.82) is 0 Å². The minimum absolute atomic E-state index is 0.271. The van der Waals surface area contributed by atoms with Gasteiger partial charge in [-0.3, -0.25) is 4.79 Å². The molecule has 0 unspecified atom stereocenters. The van der Waals surface area contributed by atoms with E-state index in [-0.39, 0.29) is 3.18 Å². The zero-order valence-corrected chi connectivity index (χ0v) is 22.1. The molecule has 3 N–H and O–H groups in total. The number of aryl methyl sites for hydroxylation is 4. The van der Waals surface area contributed by atoms with Gasteiger partial charge < -0.3 is 10.8 Å². The van der Waals surface area contributed by atoms with E-state index in [1.807, 2.05) is 57.2 Å². The number of nitrogens with two attached hydrogens (primary N) is 1. The summed E-state index contributed by atoms with van der Waals surface area (Å²) >= 11 is 9.31. The number of halogens is 3. The summed E-state index contributed by atoms with van der Waals surface area (Å²) in [6.45, 7) is 8.13. The Balaban J connectivity index is 0.000000477. The van der Waals surface area contributed by atoms with Crippen LogP contribution in [0.2, 0.25) is 0 Å². The highest BCUT2D eigenvalue weighted by Gasteiger charge is 1.94. The van der Waals surface area contributed by atoms with Crippen LogP contribution >= 0.6 is 47.3 Å². The van der Waals surface area contributed by atoms with Crippen LogP contribution in [-0.4, -0.2) is 20.2 Å². The molecule has 0 heterocycles. The molecule has 160 valence electrons. The molecule has 4 nitrogen and oxygen atoms in total. The van der Waals surface area contributed by atoms with Crippen LogP contribution in [0.5, 0.6) is 0 Å². The average molecular weight is 602 g/mol. The van der Waals surface area contributed by atoms with Crippen LogP contribution in [0.1, 0.15) is 33.4 Å². The van der Waals surface area contributed by atoms with Gasteiger partial charge in [-0.15, -0.1) is 47.3 Å². The third-order valence-corrected chi connectivity index (χ3v) is 3.92. The van der Waals surface area contributed by atoms with Gasteiger partial charge >= 0.3 is 9.15 Å². The molecule has 0 fully saturated rings. The highest BCUT2D eigenvalue weighted by atomic mass is 79.9. The second-order valence-corrected chi connectivity index (χ2v) is 12.8. The maximum absolute atomic E-state index is 10.5. The Morgan fingerprint density at radius 1 is 0.800 bits per heavy atom. The fourth-order valence-corrected chi connectivity index (χ4v) is 2.08. The molecule has 2 rings (SSSR count). The van der Waals surface area contributed by atoms with E-state index in [2.05, 4.69) is 54.2 Å². The smallest absolute Gasteiger partial charge is 0.369 e. The molecule has 0 aliphatic carbocycles. The molecule has 0 radical (unpaired) electrons. The summed E-state index contributed by atoms with van der Waals surface area (Å²) < 4.78 is 0.271. The quantitative estimate of drug-likeness (QED) is 0.316. The van der Waals surface area contributed by atoms with Gasteiger partial charge in [-0.1, -0.05) is 36.4 Å². The number of rotatable bonds is 4. The molecule has 0 saturated carbocycles. The second-order valence-electron chi connectivity index (χ2n) is 6.34. The predicted octanol–water partition coefficient (Wildman–Crippen LogP) is 6.36. The molecule has 0 aliphatic heterocycles. The van der Waals surface area contributed by atoms with Crippen molar-refractivity contribution in [2.45, 2.75) is 27.7 Å². The van der Waals surface area contributed by atoms with Crippen molar-refractivity contribution in [2.75, 3.05) is 0 Å². The number of carboxylic acids is 1. The summed E-state index contributed by atoms with van der Waals surface area (Å²) in [6, 6.07) is 11.9. The standard InChI is InChI=1S/C11H13NO.C11H12O2.BBr3/c2*1-8-3-4-10(7-9(8)2)5-6-11(12)13;2-1(3)4/h3-7H,1-2H3,(H2,12,13);3-7H,1-2H3,(H,12,13);/b2*6-5+;. The van der Waals surface area contributed by atoms with Crippen molar-refractivity contribution in [1.82, 2.24) is 0 Å². The number of primary amides is 1. The number of carboxylic acid groups (broad SMARTS) is 1. The van der Waals surface area contributed by atoms with E-state index >= 15 is 0 Å². The maximum atomic E-state index is 10.5. The first-order valence-corrected chi connectivity index (χ1v) is 11.6. The van der Waals surface area contributed by atoms with E-state index < -0.39 is 11.9 Å². The topological polar surface area (TPSA) is 80.4 Å². The normalized spacial score (nSPS) is 10.1. The minimum Gasteiger partial charge on any atom is -0.478 e. The highest BCUT2D eigenvalue weighted by molar-refractivity contribution is 9.69. The van der Waals surface area contributed by atoms with Crippen molar-refractivity contribution < 1.29 is 14.7 Å². The fourth-order valence-electron chi connectivity index (χ4n) is 2.08. The zero-order chi connectivity index (χ0) is 23.3. The van der Waals surface area contributed by atoms with E-state index in [9.17, 15) is 9.59 Å². The molecule has 8 heteroatoms. The van der Waals surface area contributed by atoms with E-state index in [0.29, 0.717) is 0 Å². The van der Waals surface area contributed by atoms with Gasteiger partial charge in [-0.05, 0) is 73.2 Å². The van der Waals surface area contributed by atoms with Gasteiger partial charge in [-0.2, -0.15) is 0 Å². The van der Waals surface area contributed by atoms with E-state index in [0.717, 1.165) is 17.2 Å². The first-order chi connectivity index (χ1) is 13.9. The highest BCUT2D eigenvalue weighted by Crippen LogP contribution is 2.11. The monoisotopic (exact) mass is 599 g/mol. The van der Waals surface area contributed by atoms with Crippen molar-refractivity contribution >= 4 is 74.5 Å². The Morgan fingerprint density at radius 3 is 1.47 bits per heavy atom. The second kappa shape index (κ2) is 15.2. The van der Waals surface area contributed by atoms with Gasteiger partial charge in [0.05, 0.1) is 0 Å². The van der Waals surface area contributed by atoms with Gasteiger partial charge in [-0.25, -0.2) is 4.79 Å². The van der Waals surface area contributed by atoms with Gasteiger partial charge in [0.1, 0.15) is 0 Å². The Morgan fingerprint density at radius 2 is 1.17 bits per heavy atom. The van der Waals surface area contributed by atoms with E-state index in [1.54, 1.807) is 12.2 Å². The molecule has 0 bridgehead atoms. The summed E-state index contributed by atoms with van der Waals surface area (Å²) in [5.41, 5.74) is 11.8. The largest absolute Gasteiger partial charge is 0.478 e. The Labute approximate surface area is 203 Å². The Bertz CT molecular complexity index is 838. The van der Waals surface area contributed by atoms with Crippen molar-refractivity contribution in [3.05, 3.63) is 81.9 Å². The van der Waals surface area contributed by atoms with Crippen LogP contribution in [0.4, 0.5) is 0 Å². The number of carbonyl (C=O) groups is 2. The summed E-state index contributed by atoms with van der Waals surface area (Å²) in [7, 11) is 0. The Kier molecular flexibility index (Phi) is 14.4. The first-order valence-electron chi connectivity index (χ1n) is 8.87. The van der Waals surface area contributed by atoms with Crippen molar-refractivity contribution in [2.24, 2.45) is 5.73 Å². The lowest BCUT2D eigenvalue weighted by molar-refractivity contribution is -0.131. The number of amides is 1. The Hall–Kier alpha value is -1.64. The summed E-state index contributed by atoms with van der Waals surface area (Å²) in [5, 5.41) is 8.41. The van der Waals surface area contributed by atoms with Gasteiger partial charge in [0.2, 0.25) is 5.91 Å². The zero-order valence-electron chi connectivity index (χ0n) is 17.3. The molecular weight excluding hydrogens is 577 g/mol. The lowest BCUT2D eigenvalue weighted by Crippen LogP contribution is -2.05. The van der Waals surface area contributed by atoms with Crippen LogP contribution in [-0.2, 0) is 9.59 Å². The number of carbonyl (C=O) groups excluding carboxylic acids is 1. The SMILES string of the molecule is BrB(Br)Br.Cc1ccc(/C=C/C(=O)O)cc1C.Cc1ccc(/C=C/C(N)=O)cc1C. The molecule has 0 aliphatic rings. The number of hydrogen-bond donors (Lipinski definition) is 2. The van der Waals surface area contributed by atoms with E-state index in [4.69, 9.17) is 10.8 Å². The van der Waals surface area contributed by atoms with Crippen molar-refractivity contribution in [3.8, 4) is 0 Å². The van der Waals surface area contributed by atoms with Crippen LogP contribution < -0.4 is 5.73 Å². The summed E-state index contributed by atoms with van der Waals surface area (Å²) in [6.07, 6.45) is 5.82. The number of hydrogen-bond acceptors (Lipinski definition) is 2. The lowest BCUT2D eigenvalue weighted by Gasteiger charge is -1.99. The van der Waals surface area contributed by atoms with Crippen LogP contribution in [0.3, 0.4) is 0 Å². The molecular formula is C22H25BBr3NO3. The molecule has 0 aromatic heterocycles. The maximum Gasteiger partial charge on any atom is 0.369 e. The van der Waals surface area contributed by atoms with Crippen LogP contribution in [0, 0.1) is 27.7 Å². The molecule has 2 aromatic carbocycles. The van der Waals surface area contributed by atoms with Crippen LogP contribution in [0.25, 0.3) is 12.2 Å². The lowest BCUT2D eigenvalue weighted by atomic mass is 10.1. The third-order valence-electron chi connectivity index (χ3n) is 3.92. The minimum atomic E-state index is -0.918. The van der Waals surface area contributed by atoms with Gasteiger partial charge in [0.15, 0.2) is 0 Å². The first kappa shape index (κ1) is 28.4. The fraction of sp³-hybridized carbons (Fsp3) is 0.182. The number of benzene rings is 2. The molecule has 0 spiro atoms. The summed E-state index contributed by atoms with van der Waals surface area (Å²) in [5.74, 6) is -1.34. The molecule has 0 saturated heterocycles. The number of aliphatic carboxylic acids is 1. The van der Waals surface area contributed by atoms with Crippen LogP contribution in [0.15, 0.2) is 48.6 Å². The van der Waals surface area contributed by atoms with Gasteiger partial charge in [0.25, 0.3) is 0 Å². The average Bonchev–Trinajstić information content (AvgIpc) is 2.63. The molecule has 0 atom stereocenters. The molecule has 30 heavy (non-hydrogen) atoms. The molecule has 1 amide bonds. The summed E-state index contributed by atoms with van der Waals surface area (Å²) in [4.78, 5) is 20.7. The van der Waals surface area contributed by atoms with Gasteiger partial charge in [0, 0.05) is 12.2 Å².